The fourth-order valence-electron chi connectivity index (χ4n) is 4.04. The summed E-state index contributed by atoms with van der Waals surface area (Å²) >= 11 is 1.73. The molecule has 0 unspecified atom stereocenters. The third-order valence-corrected chi connectivity index (χ3v) is 6.48. The molecule has 0 saturated carbocycles. The predicted molar refractivity (Wildman–Crippen MR) is 112 cm³/mol. The van der Waals surface area contributed by atoms with Gasteiger partial charge in [-0.1, -0.05) is 0 Å². The standard InChI is InChI=1S/C21H30N2O3S/c1-15-11-20(22-18-6-5-16(27-3)12-17(15)18)23-9-7-19(25)21(13-23,14-24)8-4-10-26-2/h5-6,11-12,19,24-25H,4,7-10,13-14H2,1-3H3/t19-,21+/m1/s1. The number of aryl methyl sites for hydroxylation is 1. The van der Waals surface area contributed by atoms with Gasteiger partial charge in [-0.2, -0.15) is 0 Å². The molecule has 0 amide bonds. The monoisotopic (exact) mass is 390 g/mol. The minimum atomic E-state index is -0.524. The minimum Gasteiger partial charge on any atom is -0.396 e. The number of thioether (sulfide) groups is 1. The van der Waals surface area contributed by atoms with Crippen LogP contribution < -0.4 is 4.90 Å². The van der Waals surface area contributed by atoms with Gasteiger partial charge in [-0.25, -0.2) is 4.98 Å². The van der Waals surface area contributed by atoms with Crippen LogP contribution in [0.3, 0.4) is 0 Å². The summed E-state index contributed by atoms with van der Waals surface area (Å²) in [4.78, 5) is 8.33. The van der Waals surface area contributed by atoms with E-state index in [0.29, 0.717) is 19.6 Å². The van der Waals surface area contributed by atoms with Crippen LogP contribution in [0.25, 0.3) is 10.9 Å². The van der Waals surface area contributed by atoms with Crippen molar-refractivity contribution in [2.75, 3.05) is 44.6 Å². The Hall–Kier alpha value is -1.34. The average Bonchev–Trinajstić information content (AvgIpc) is 2.69. The number of benzene rings is 1. The van der Waals surface area contributed by atoms with E-state index in [4.69, 9.17) is 9.72 Å². The molecule has 1 aromatic carbocycles. The van der Waals surface area contributed by atoms with Crippen molar-refractivity contribution in [3.05, 3.63) is 29.8 Å². The second kappa shape index (κ2) is 8.78. The summed E-state index contributed by atoms with van der Waals surface area (Å²) < 4.78 is 5.16. The van der Waals surface area contributed by atoms with E-state index in [0.717, 1.165) is 30.7 Å². The van der Waals surface area contributed by atoms with Gasteiger partial charge in [-0.3, -0.25) is 0 Å². The lowest BCUT2D eigenvalue weighted by Crippen LogP contribution is -2.54. The van der Waals surface area contributed by atoms with Crippen LogP contribution in [0.1, 0.15) is 24.8 Å². The van der Waals surface area contributed by atoms with E-state index in [9.17, 15) is 10.2 Å². The molecular formula is C21H30N2O3S. The maximum atomic E-state index is 10.6. The van der Waals surface area contributed by atoms with E-state index in [1.807, 2.05) is 0 Å². The van der Waals surface area contributed by atoms with Gasteiger partial charge in [0.05, 0.1) is 18.2 Å². The summed E-state index contributed by atoms with van der Waals surface area (Å²) in [6.45, 7) is 4.08. The van der Waals surface area contributed by atoms with E-state index in [2.05, 4.69) is 42.3 Å². The van der Waals surface area contributed by atoms with Gasteiger partial charge in [0.2, 0.25) is 0 Å². The highest BCUT2D eigenvalue weighted by Crippen LogP contribution is 2.37. The average molecular weight is 391 g/mol. The number of anilines is 1. The number of aliphatic hydroxyl groups excluding tert-OH is 2. The smallest absolute Gasteiger partial charge is 0.129 e. The molecule has 2 atom stereocenters. The molecule has 0 spiro atoms. The number of aromatic nitrogens is 1. The Morgan fingerprint density at radius 3 is 2.89 bits per heavy atom. The van der Waals surface area contributed by atoms with E-state index >= 15 is 0 Å². The first-order chi connectivity index (χ1) is 13.0. The van der Waals surface area contributed by atoms with E-state index in [1.165, 1.54) is 15.8 Å². The van der Waals surface area contributed by atoms with Crippen LogP contribution in [-0.2, 0) is 4.74 Å². The number of nitrogens with zero attached hydrogens (tertiary/aromatic N) is 2. The lowest BCUT2D eigenvalue weighted by atomic mass is 9.74. The summed E-state index contributed by atoms with van der Waals surface area (Å²) in [7, 11) is 1.68. The van der Waals surface area contributed by atoms with Crippen molar-refractivity contribution in [3.8, 4) is 0 Å². The van der Waals surface area contributed by atoms with Crippen molar-refractivity contribution in [2.24, 2.45) is 5.41 Å². The fourth-order valence-corrected chi connectivity index (χ4v) is 4.48. The number of piperidine rings is 1. The summed E-state index contributed by atoms with van der Waals surface area (Å²) in [5.41, 5.74) is 1.67. The molecule has 0 bridgehead atoms. The van der Waals surface area contributed by atoms with Gasteiger partial charge in [-0.15, -0.1) is 11.8 Å². The summed E-state index contributed by atoms with van der Waals surface area (Å²) in [5.74, 6) is 0.924. The molecule has 0 radical (unpaired) electrons. The largest absolute Gasteiger partial charge is 0.396 e. The van der Waals surface area contributed by atoms with Crippen LogP contribution >= 0.6 is 11.8 Å². The summed E-state index contributed by atoms with van der Waals surface area (Å²) in [5, 5.41) is 21.9. The third kappa shape index (κ3) is 4.24. The van der Waals surface area contributed by atoms with Gasteiger partial charge in [-0.05, 0) is 62.3 Å². The number of hydrogen-bond donors (Lipinski definition) is 2. The van der Waals surface area contributed by atoms with Crippen molar-refractivity contribution in [1.29, 1.82) is 0 Å². The molecule has 1 aliphatic rings. The number of rotatable bonds is 7. The van der Waals surface area contributed by atoms with Gasteiger partial charge >= 0.3 is 0 Å². The van der Waals surface area contributed by atoms with E-state index < -0.39 is 11.5 Å². The first kappa shape index (κ1) is 20.4. The van der Waals surface area contributed by atoms with Crippen molar-refractivity contribution < 1.29 is 14.9 Å². The van der Waals surface area contributed by atoms with Crippen LogP contribution in [0, 0.1) is 12.3 Å². The highest BCUT2D eigenvalue weighted by Gasteiger charge is 2.42. The number of fused-ring (bicyclic) bond motifs is 1. The topological polar surface area (TPSA) is 65.8 Å². The molecule has 148 valence electrons. The second-order valence-electron chi connectivity index (χ2n) is 7.52. The molecule has 2 aromatic rings. The number of ether oxygens (including phenoxy) is 1. The Labute approximate surface area is 165 Å². The quantitative estimate of drug-likeness (QED) is 0.559. The first-order valence-corrected chi connectivity index (χ1v) is 10.7. The maximum Gasteiger partial charge on any atom is 0.129 e. The van der Waals surface area contributed by atoms with Crippen molar-refractivity contribution in [3.63, 3.8) is 0 Å². The molecule has 5 nitrogen and oxygen atoms in total. The number of pyridine rings is 1. The van der Waals surface area contributed by atoms with E-state index in [-0.39, 0.29) is 6.61 Å². The van der Waals surface area contributed by atoms with Crippen LogP contribution in [0.15, 0.2) is 29.2 Å². The Kier molecular flexibility index (Phi) is 6.63. The molecule has 1 aliphatic heterocycles. The van der Waals surface area contributed by atoms with Gasteiger partial charge in [0.15, 0.2) is 0 Å². The molecule has 2 heterocycles. The van der Waals surface area contributed by atoms with Crippen molar-refractivity contribution in [1.82, 2.24) is 4.98 Å². The third-order valence-electron chi connectivity index (χ3n) is 5.76. The molecule has 1 saturated heterocycles. The molecule has 2 N–H and O–H groups in total. The van der Waals surface area contributed by atoms with Crippen molar-refractivity contribution in [2.45, 2.75) is 37.2 Å². The number of hydrogen-bond acceptors (Lipinski definition) is 6. The van der Waals surface area contributed by atoms with Crippen LogP contribution in [-0.4, -0.2) is 61.0 Å². The Bertz CT molecular complexity index is 785. The Morgan fingerprint density at radius 2 is 2.19 bits per heavy atom. The van der Waals surface area contributed by atoms with Crippen molar-refractivity contribution >= 4 is 28.5 Å². The second-order valence-corrected chi connectivity index (χ2v) is 8.40. The molecule has 3 rings (SSSR count). The summed E-state index contributed by atoms with van der Waals surface area (Å²) in [6, 6.07) is 8.50. The highest BCUT2D eigenvalue weighted by atomic mass is 32.2. The zero-order chi connectivity index (χ0) is 19.4. The lowest BCUT2D eigenvalue weighted by Gasteiger charge is -2.46. The maximum absolute atomic E-state index is 10.6. The van der Waals surface area contributed by atoms with Gasteiger partial charge in [0.25, 0.3) is 0 Å². The van der Waals surface area contributed by atoms with Gasteiger partial charge < -0.3 is 19.8 Å². The van der Waals surface area contributed by atoms with Crippen LogP contribution in [0.2, 0.25) is 0 Å². The summed E-state index contributed by atoms with van der Waals surface area (Å²) in [6.07, 6.45) is 3.77. The molecular weight excluding hydrogens is 360 g/mol. The highest BCUT2D eigenvalue weighted by molar-refractivity contribution is 7.98. The predicted octanol–water partition coefficient (Wildman–Crippen LogP) is 3.24. The molecule has 1 fully saturated rings. The number of aliphatic hydroxyl groups is 2. The lowest BCUT2D eigenvalue weighted by molar-refractivity contribution is -0.0388. The van der Waals surface area contributed by atoms with Crippen LogP contribution in [0.4, 0.5) is 5.82 Å². The SMILES string of the molecule is COCCC[C@@]1(CO)CN(c2cc(C)c3cc(SC)ccc3n2)CC[C@H]1O. The minimum absolute atomic E-state index is 0.0297. The molecule has 1 aromatic heterocycles. The molecule has 27 heavy (non-hydrogen) atoms. The van der Waals surface area contributed by atoms with Crippen LogP contribution in [0.5, 0.6) is 0 Å². The Morgan fingerprint density at radius 1 is 1.37 bits per heavy atom. The zero-order valence-electron chi connectivity index (χ0n) is 16.4. The zero-order valence-corrected chi connectivity index (χ0v) is 17.3. The van der Waals surface area contributed by atoms with Gasteiger partial charge in [0.1, 0.15) is 5.82 Å². The fraction of sp³-hybridized carbons (Fsp3) is 0.571. The Balaban J connectivity index is 1.89. The molecule has 0 aliphatic carbocycles. The van der Waals surface area contributed by atoms with E-state index in [1.54, 1.807) is 18.9 Å². The van der Waals surface area contributed by atoms with Gasteiger partial charge in [0, 0.05) is 42.5 Å². The molecule has 6 heteroatoms. The number of methoxy groups -OCH3 is 1. The normalized spacial score (nSPS) is 23.1. The first-order valence-electron chi connectivity index (χ1n) is 9.51.